The Morgan fingerprint density at radius 1 is 1.22 bits per heavy atom. The predicted octanol–water partition coefficient (Wildman–Crippen LogP) is 2.81. The maximum atomic E-state index is 8.19. The van der Waals surface area contributed by atoms with Crippen molar-refractivity contribution in [2.45, 2.75) is 45.6 Å². The Balaban J connectivity index is 0.000000291. The molecule has 0 saturated heterocycles. The molecule has 2 nitrogen and oxygen atoms in total. The van der Waals surface area contributed by atoms with Crippen LogP contribution in [0.4, 0.5) is 0 Å². The van der Waals surface area contributed by atoms with E-state index in [9.17, 15) is 0 Å². The van der Waals surface area contributed by atoms with E-state index in [-0.39, 0.29) is 6.04 Å². The molecule has 1 rings (SSSR count). The highest BCUT2D eigenvalue weighted by atomic mass is 14.9. The number of hydrogen-bond donors (Lipinski definition) is 0. The third-order valence-corrected chi connectivity index (χ3v) is 1.49. The van der Waals surface area contributed by atoms with Crippen molar-refractivity contribution in [3.63, 3.8) is 0 Å². The van der Waals surface area contributed by atoms with Gasteiger partial charge in [0, 0.05) is 12.8 Å². The normalized spacial score (nSPS) is 17.9. The minimum atomic E-state index is 0.278. The first kappa shape index (κ1) is 8.42. The van der Waals surface area contributed by atoms with Crippen LogP contribution >= 0.6 is 0 Å². The molecule has 2 heteroatoms. The Morgan fingerprint density at radius 2 is 1.67 bits per heavy atom. The summed E-state index contributed by atoms with van der Waals surface area (Å²) in [5.74, 6) is 0. The molecule has 0 unspecified atom stereocenters. The van der Waals surface area contributed by atoms with Crippen molar-refractivity contribution in [2.24, 2.45) is 0 Å². The fourth-order valence-corrected chi connectivity index (χ4v) is 1.02. The van der Waals surface area contributed by atoms with Crippen molar-refractivity contribution in [1.29, 1.82) is 5.39 Å². The van der Waals surface area contributed by atoms with E-state index in [4.69, 9.17) is 5.39 Å². The Kier molecular flexibility index (Phi) is 5.20. The van der Waals surface area contributed by atoms with Gasteiger partial charge in [0.25, 0.3) is 0 Å². The summed E-state index contributed by atoms with van der Waals surface area (Å²) in [6, 6.07) is 0.278. The molecule has 0 aliphatic heterocycles. The molecule has 1 saturated carbocycles. The molecule has 0 aromatic carbocycles. The van der Waals surface area contributed by atoms with E-state index in [1.165, 1.54) is 12.8 Å². The Labute approximate surface area is 56.9 Å². The summed E-state index contributed by atoms with van der Waals surface area (Å²) >= 11 is 0. The van der Waals surface area contributed by atoms with Gasteiger partial charge >= 0.3 is 6.04 Å². The lowest BCUT2D eigenvalue weighted by Gasteiger charge is -1.73. The lowest BCUT2D eigenvalue weighted by molar-refractivity contribution is 0.791. The molecule has 1 aliphatic rings. The molecule has 0 atom stereocenters. The first-order valence-corrected chi connectivity index (χ1v) is 3.77. The molecule has 1 aliphatic carbocycles. The van der Waals surface area contributed by atoms with E-state index in [0.717, 1.165) is 12.8 Å². The largest absolute Gasteiger partial charge is 0.314 e. The maximum Gasteiger partial charge on any atom is 0.314 e. The zero-order chi connectivity index (χ0) is 7.11. The van der Waals surface area contributed by atoms with Gasteiger partial charge in [0.2, 0.25) is 5.39 Å². The van der Waals surface area contributed by atoms with Crippen molar-refractivity contribution in [1.82, 2.24) is 0 Å². The minimum Gasteiger partial charge on any atom is -0.0683 e. The summed E-state index contributed by atoms with van der Waals surface area (Å²) in [6.45, 7) is 4.00. The molecule has 9 heavy (non-hydrogen) atoms. The molecule has 0 heterocycles. The summed E-state index contributed by atoms with van der Waals surface area (Å²) in [6.07, 6.45) is 4.68. The molecular formula is C7H15N2+. The predicted molar refractivity (Wildman–Crippen MR) is 38.7 cm³/mol. The monoisotopic (exact) mass is 127 g/mol. The average Bonchev–Trinajstić information content (AvgIpc) is 2.43. The second kappa shape index (κ2) is 5.55. The third-order valence-electron chi connectivity index (χ3n) is 1.49. The van der Waals surface area contributed by atoms with E-state index in [1.807, 2.05) is 13.8 Å². The number of rotatable bonds is 0. The SMILES string of the molecule is CC.N#[N+]C1CCCC1. The Bertz CT molecular complexity index is 87.6. The van der Waals surface area contributed by atoms with Crippen molar-refractivity contribution in [3.05, 3.63) is 4.98 Å². The molecular weight excluding hydrogens is 112 g/mol. The molecule has 0 radical (unpaired) electrons. The fraction of sp³-hybridized carbons (Fsp3) is 1.00. The second-order valence-electron chi connectivity index (χ2n) is 2.05. The highest BCUT2D eigenvalue weighted by Gasteiger charge is 2.24. The van der Waals surface area contributed by atoms with Gasteiger partial charge in [-0.1, -0.05) is 13.8 Å². The van der Waals surface area contributed by atoms with Crippen LogP contribution in [0.3, 0.4) is 0 Å². The van der Waals surface area contributed by atoms with Crippen molar-refractivity contribution in [2.75, 3.05) is 0 Å². The van der Waals surface area contributed by atoms with Crippen LogP contribution in [0.2, 0.25) is 0 Å². The highest BCUT2D eigenvalue weighted by Crippen LogP contribution is 2.20. The van der Waals surface area contributed by atoms with Crippen LogP contribution in [0.5, 0.6) is 0 Å². The third kappa shape index (κ3) is 3.07. The van der Waals surface area contributed by atoms with Gasteiger partial charge in [-0.05, 0) is 12.8 Å². The summed E-state index contributed by atoms with van der Waals surface area (Å²) in [7, 11) is 0. The molecule has 0 amide bonds. The van der Waals surface area contributed by atoms with Crippen molar-refractivity contribution in [3.8, 4) is 0 Å². The zero-order valence-electron chi connectivity index (χ0n) is 6.30. The van der Waals surface area contributed by atoms with Crippen LogP contribution in [0.1, 0.15) is 39.5 Å². The highest BCUT2D eigenvalue weighted by molar-refractivity contribution is 4.80. The van der Waals surface area contributed by atoms with Gasteiger partial charge in [-0.3, -0.25) is 0 Å². The van der Waals surface area contributed by atoms with Crippen LogP contribution in [0.25, 0.3) is 4.98 Å². The Hall–Kier alpha value is -0.580. The summed E-state index contributed by atoms with van der Waals surface area (Å²) in [4.78, 5) is 3.19. The van der Waals surface area contributed by atoms with E-state index >= 15 is 0 Å². The maximum absolute atomic E-state index is 8.19. The molecule has 1 fully saturated rings. The smallest absolute Gasteiger partial charge is 0.0683 e. The molecule has 52 valence electrons. The van der Waals surface area contributed by atoms with Crippen LogP contribution in [-0.2, 0) is 0 Å². The van der Waals surface area contributed by atoms with Gasteiger partial charge in [0.05, 0.1) is 0 Å². The topological polar surface area (TPSA) is 28.1 Å². The molecule has 0 aromatic rings. The van der Waals surface area contributed by atoms with Gasteiger partial charge in [-0.2, -0.15) is 0 Å². The fourth-order valence-electron chi connectivity index (χ4n) is 1.02. The zero-order valence-corrected chi connectivity index (χ0v) is 6.30. The van der Waals surface area contributed by atoms with Gasteiger partial charge in [0.15, 0.2) is 0 Å². The average molecular weight is 127 g/mol. The van der Waals surface area contributed by atoms with E-state index in [0.29, 0.717) is 0 Å². The number of nitrogens with zero attached hydrogens (tertiary/aromatic N) is 2. The number of hydrogen-bond acceptors (Lipinski definition) is 1. The van der Waals surface area contributed by atoms with Crippen molar-refractivity contribution < 1.29 is 0 Å². The standard InChI is InChI=1S/C5H9N2.C2H6/c6-7-5-3-1-2-4-5;1-2/h5H,1-4H2;1-2H3/q+1;. The first-order chi connectivity index (χ1) is 4.43. The van der Waals surface area contributed by atoms with Crippen LogP contribution < -0.4 is 0 Å². The van der Waals surface area contributed by atoms with Crippen LogP contribution in [0, 0.1) is 5.39 Å². The van der Waals surface area contributed by atoms with E-state index in [1.54, 1.807) is 0 Å². The Morgan fingerprint density at radius 3 is 1.89 bits per heavy atom. The molecule has 0 N–H and O–H groups in total. The van der Waals surface area contributed by atoms with Gasteiger partial charge in [-0.15, -0.1) is 0 Å². The van der Waals surface area contributed by atoms with E-state index in [2.05, 4.69) is 4.98 Å². The number of diazo groups is 1. The lowest BCUT2D eigenvalue weighted by Crippen LogP contribution is -1.88. The summed E-state index contributed by atoms with van der Waals surface area (Å²) in [5.41, 5.74) is 0. The lowest BCUT2D eigenvalue weighted by atomic mass is 10.3. The van der Waals surface area contributed by atoms with Gasteiger partial charge in [0.1, 0.15) is 4.98 Å². The summed E-state index contributed by atoms with van der Waals surface area (Å²) < 4.78 is 0. The second-order valence-corrected chi connectivity index (χ2v) is 2.05. The van der Waals surface area contributed by atoms with Crippen LogP contribution in [-0.4, -0.2) is 6.04 Å². The molecule has 0 spiro atoms. The van der Waals surface area contributed by atoms with Crippen molar-refractivity contribution >= 4 is 0 Å². The quantitative estimate of drug-likeness (QED) is 0.460. The molecule has 0 bridgehead atoms. The first-order valence-electron chi connectivity index (χ1n) is 3.77. The summed E-state index contributed by atoms with van der Waals surface area (Å²) in [5, 5.41) is 8.19. The van der Waals surface area contributed by atoms with Gasteiger partial charge < -0.3 is 0 Å². The van der Waals surface area contributed by atoms with E-state index < -0.39 is 0 Å². The van der Waals surface area contributed by atoms with Crippen LogP contribution in [0.15, 0.2) is 0 Å². The molecule has 0 aromatic heterocycles. The minimum absolute atomic E-state index is 0.278. The van der Waals surface area contributed by atoms with Gasteiger partial charge in [-0.25, -0.2) is 0 Å².